The highest BCUT2D eigenvalue weighted by Gasteiger charge is 2.25. The molecule has 8 nitrogen and oxygen atoms in total. The molecule has 2 heterocycles. The molecule has 4 aromatic rings. The van der Waals surface area contributed by atoms with E-state index in [-0.39, 0.29) is 23.6 Å². The third kappa shape index (κ3) is 4.72. The minimum Gasteiger partial charge on any atom is -0.497 e. The lowest BCUT2D eigenvalue weighted by molar-refractivity contribution is -0.144. The van der Waals surface area contributed by atoms with Crippen LogP contribution >= 0.6 is 0 Å². The van der Waals surface area contributed by atoms with Crippen LogP contribution in [0.2, 0.25) is 0 Å². The van der Waals surface area contributed by atoms with Gasteiger partial charge in [0.1, 0.15) is 28.8 Å². The molecule has 0 aliphatic heterocycles. The van der Waals surface area contributed by atoms with E-state index in [1.807, 2.05) is 19.1 Å². The van der Waals surface area contributed by atoms with E-state index >= 15 is 0 Å². The van der Waals surface area contributed by atoms with E-state index in [1.54, 1.807) is 43.0 Å². The molecule has 2 aromatic heterocycles. The van der Waals surface area contributed by atoms with Gasteiger partial charge in [0.05, 0.1) is 19.2 Å². The minimum absolute atomic E-state index is 0.0313. The number of carboxylic acid groups (broad SMARTS) is 1. The van der Waals surface area contributed by atoms with Crippen molar-refractivity contribution in [3.05, 3.63) is 82.8 Å². The summed E-state index contributed by atoms with van der Waals surface area (Å²) in [4.78, 5) is 29.4. The number of hydrogen-bond donors (Lipinski definition) is 2. The average Bonchev–Trinajstić information content (AvgIpc) is 3.17. The van der Waals surface area contributed by atoms with Crippen molar-refractivity contribution in [2.45, 2.75) is 26.5 Å². The molecule has 0 saturated carbocycles. The highest BCUT2D eigenvalue weighted by molar-refractivity contribution is 6.19. The van der Waals surface area contributed by atoms with Crippen molar-refractivity contribution in [3.63, 3.8) is 0 Å². The molecule has 0 aliphatic rings. The number of halogens is 1. The molecule has 0 radical (unpaired) electrons. The largest absolute Gasteiger partial charge is 0.497 e. The van der Waals surface area contributed by atoms with Crippen molar-refractivity contribution in [3.8, 4) is 11.5 Å². The van der Waals surface area contributed by atoms with E-state index in [9.17, 15) is 14.0 Å². The summed E-state index contributed by atoms with van der Waals surface area (Å²) >= 11 is 0. The summed E-state index contributed by atoms with van der Waals surface area (Å²) in [5.41, 5.74) is 2.39. The summed E-state index contributed by atoms with van der Waals surface area (Å²) in [7, 11) is 3.24. The third-order valence-electron chi connectivity index (χ3n) is 5.87. The fourth-order valence-electron chi connectivity index (χ4n) is 4.01. The first-order valence-corrected chi connectivity index (χ1v) is 11.3. The van der Waals surface area contributed by atoms with Crippen LogP contribution in [-0.2, 0) is 11.3 Å². The molecule has 9 heteroatoms. The third-order valence-corrected chi connectivity index (χ3v) is 5.87. The Hall–Kier alpha value is -4.40. The zero-order valence-electron chi connectivity index (χ0n) is 20.3. The number of aliphatic carboxylic acids is 1. The van der Waals surface area contributed by atoms with Crippen LogP contribution in [0.5, 0.6) is 11.5 Å². The Morgan fingerprint density at radius 1 is 1.11 bits per heavy atom. The molecule has 0 amide bonds. The fraction of sp³-hybridized carbons (Fsp3) is 0.222. The van der Waals surface area contributed by atoms with Gasteiger partial charge in [-0.05, 0) is 68.4 Å². The first-order valence-electron chi connectivity index (χ1n) is 11.3. The molecule has 1 atom stereocenters. The van der Waals surface area contributed by atoms with E-state index in [0.29, 0.717) is 33.7 Å². The van der Waals surface area contributed by atoms with Crippen molar-refractivity contribution in [2.24, 2.45) is 0 Å². The molecule has 1 unspecified atom stereocenters. The number of carbonyl (C=O) groups is 2. The van der Waals surface area contributed by atoms with E-state index < -0.39 is 17.9 Å². The topological polar surface area (TPSA) is 103 Å². The summed E-state index contributed by atoms with van der Waals surface area (Å²) in [6.45, 7) is 3.26. The molecule has 0 fully saturated rings. The lowest BCUT2D eigenvalue weighted by atomic mass is 10.0. The van der Waals surface area contributed by atoms with Crippen molar-refractivity contribution in [1.82, 2.24) is 9.55 Å². The van der Waals surface area contributed by atoms with Gasteiger partial charge in [-0.15, -0.1) is 0 Å². The molecule has 186 valence electrons. The predicted molar refractivity (Wildman–Crippen MR) is 134 cm³/mol. The lowest BCUT2D eigenvalue weighted by Crippen LogP contribution is -2.23. The fourth-order valence-corrected chi connectivity index (χ4v) is 4.01. The van der Waals surface area contributed by atoms with Gasteiger partial charge >= 0.3 is 5.97 Å². The van der Waals surface area contributed by atoms with Crippen LogP contribution in [0.4, 0.5) is 10.2 Å². The SMILES string of the molecule is CNc1c(C(=O)c2ccc(OC)cc2)c2ccc(C)nc2n1Cc1cc(OC(C)C(=O)O)ccc1F. The number of hydrogen-bond acceptors (Lipinski definition) is 6. The second-order valence-electron chi connectivity index (χ2n) is 8.29. The second kappa shape index (κ2) is 10.1. The normalized spacial score (nSPS) is 11.8. The first kappa shape index (κ1) is 24.7. The number of ether oxygens (including phenoxy) is 2. The number of nitrogens with one attached hydrogen (secondary N) is 1. The van der Waals surface area contributed by atoms with Crippen LogP contribution < -0.4 is 14.8 Å². The summed E-state index contributed by atoms with van der Waals surface area (Å²) in [5, 5.41) is 12.9. The lowest BCUT2D eigenvalue weighted by Gasteiger charge is -2.15. The van der Waals surface area contributed by atoms with Gasteiger partial charge in [0, 0.05) is 29.3 Å². The van der Waals surface area contributed by atoms with Crippen molar-refractivity contribution in [2.75, 3.05) is 19.5 Å². The zero-order chi connectivity index (χ0) is 26.0. The van der Waals surface area contributed by atoms with Crippen LogP contribution in [-0.4, -0.2) is 46.7 Å². The molecule has 2 N–H and O–H groups in total. The summed E-state index contributed by atoms with van der Waals surface area (Å²) < 4.78 is 27.2. The number of methoxy groups -OCH3 is 1. The molecule has 2 aromatic carbocycles. The maximum absolute atomic E-state index is 14.9. The molecular weight excluding hydrogens is 465 g/mol. The van der Waals surface area contributed by atoms with Gasteiger partial charge in [-0.3, -0.25) is 4.79 Å². The van der Waals surface area contributed by atoms with Gasteiger partial charge < -0.3 is 24.5 Å². The minimum atomic E-state index is -1.13. The Morgan fingerprint density at radius 2 is 1.81 bits per heavy atom. The molecular formula is C27H26FN3O5. The Labute approximate surface area is 207 Å². The monoisotopic (exact) mass is 491 g/mol. The van der Waals surface area contributed by atoms with Gasteiger partial charge in [0.2, 0.25) is 0 Å². The molecule has 0 spiro atoms. The Morgan fingerprint density at radius 3 is 2.44 bits per heavy atom. The van der Waals surface area contributed by atoms with Crippen molar-refractivity contribution < 1.29 is 28.6 Å². The number of aryl methyl sites for hydroxylation is 1. The number of fused-ring (bicyclic) bond motifs is 1. The van der Waals surface area contributed by atoms with E-state index in [4.69, 9.17) is 14.6 Å². The standard InChI is InChI=1S/C27H26FN3O5/c1-15-5-11-21-23(24(32)17-6-8-19(35-4)9-7-17)26(29-3)31(25(21)30-15)14-18-13-20(10-12-22(18)28)36-16(2)27(33)34/h5-13,16,29H,14H2,1-4H3,(H,33,34). The number of aromatic nitrogens is 2. The quantitative estimate of drug-likeness (QED) is 0.328. The Balaban J connectivity index is 1.83. The maximum Gasteiger partial charge on any atom is 0.344 e. The number of nitrogens with zero attached hydrogens (tertiary/aromatic N) is 2. The number of ketones is 1. The first-order chi connectivity index (χ1) is 17.2. The van der Waals surface area contributed by atoms with Gasteiger partial charge in [0.15, 0.2) is 11.9 Å². The summed E-state index contributed by atoms with van der Waals surface area (Å²) in [6.07, 6.45) is -1.10. The zero-order valence-corrected chi connectivity index (χ0v) is 20.3. The number of anilines is 1. The van der Waals surface area contributed by atoms with E-state index in [2.05, 4.69) is 10.3 Å². The predicted octanol–water partition coefficient (Wildman–Crippen LogP) is 4.67. The number of carbonyl (C=O) groups excluding carboxylic acids is 1. The Kier molecular flexibility index (Phi) is 6.91. The van der Waals surface area contributed by atoms with Gasteiger partial charge in [0.25, 0.3) is 0 Å². The van der Waals surface area contributed by atoms with Crippen LogP contribution in [0.25, 0.3) is 11.0 Å². The van der Waals surface area contributed by atoms with Crippen LogP contribution in [0.3, 0.4) is 0 Å². The molecule has 36 heavy (non-hydrogen) atoms. The summed E-state index contributed by atoms with van der Waals surface area (Å²) in [5.74, 6) is -0.504. The number of pyridine rings is 1. The van der Waals surface area contributed by atoms with Crippen LogP contribution in [0, 0.1) is 12.7 Å². The van der Waals surface area contributed by atoms with Crippen LogP contribution in [0.15, 0.2) is 54.6 Å². The average molecular weight is 492 g/mol. The van der Waals surface area contributed by atoms with Crippen LogP contribution in [0.1, 0.15) is 34.1 Å². The number of rotatable bonds is 9. The van der Waals surface area contributed by atoms with Crippen molar-refractivity contribution in [1.29, 1.82) is 0 Å². The van der Waals surface area contributed by atoms with Crippen molar-refractivity contribution >= 4 is 28.6 Å². The van der Waals surface area contributed by atoms with E-state index in [0.717, 1.165) is 5.69 Å². The van der Waals surface area contributed by atoms with Gasteiger partial charge in [-0.2, -0.15) is 0 Å². The molecule has 0 saturated heterocycles. The molecule has 0 aliphatic carbocycles. The Bertz CT molecular complexity index is 1450. The number of benzene rings is 2. The highest BCUT2D eigenvalue weighted by atomic mass is 19.1. The van der Waals surface area contributed by atoms with Gasteiger partial charge in [-0.1, -0.05) is 0 Å². The van der Waals surface area contributed by atoms with E-state index in [1.165, 1.54) is 25.1 Å². The molecule has 0 bridgehead atoms. The second-order valence-corrected chi connectivity index (χ2v) is 8.29. The smallest absolute Gasteiger partial charge is 0.344 e. The maximum atomic E-state index is 14.9. The van der Waals surface area contributed by atoms with Gasteiger partial charge in [-0.25, -0.2) is 14.2 Å². The summed E-state index contributed by atoms with van der Waals surface area (Å²) in [6, 6.07) is 14.5. The number of carboxylic acids is 1. The molecule has 4 rings (SSSR count). The highest BCUT2D eigenvalue weighted by Crippen LogP contribution is 2.33.